The van der Waals surface area contributed by atoms with Gasteiger partial charge in [0, 0.05) is 26.2 Å². The first-order chi connectivity index (χ1) is 17.2. The fourth-order valence-corrected chi connectivity index (χ4v) is 10.3. The average molecular weight is 607 g/mol. The van der Waals surface area contributed by atoms with E-state index in [0.717, 1.165) is 14.4 Å². The highest BCUT2D eigenvalue weighted by Crippen LogP contribution is 2.64. The Morgan fingerprint density at radius 1 is 1.14 bits per heavy atom. The minimum atomic E-state index is -3.81. The van der Waals surface area contributed by atoms with Crippen molar-refractivity contribution in [2.75, 3.05) is 5.32 Å². The molecule has 4 unspecified atom stereocenters. The third-order valence-corrected chi connectivity index (χ3v) is 11.9. The molecule has 2 saturated carbocycles. The molecule has 1 amide bonds. The van der Waals surface area contributed by atoms with Crippen LogP contribution in [0, 0.1) is 17.8 Å². The molecule has 6 rings (SSSR count). The van der Waals surface area contributed by atoms with Crippen LogP contribution in [0.3, 0.4) is 0 Å². The molecule has 11 heteroatoms. The Kier molecular flexibility index (Phi) is 6.19. The fraction of sp³-hybridized carbons (Fsp3) is 0.360. The lowest BCUT2D eigenvalue weighted by atomic mass is 9.75. The highest BCUT2D eigenvalue weighted by Gasteiger charge is 2.55. The molecule has 7 nitrogen and oxygen atoms in total. The number of nitrogens with zero attached hydrogens (tertiary/aromatic N) is 1. The van der Waals surface area contributed by atoms with E-state index in [0.29, 0.717) is 28.7 Å². The minimum Gasteiger partial charge on any atom is -0.325 e. The predicted molar refractivity (Wildman–Crippen MR) is 145 cm³/mol. The van der Waals surface area contributed by atoms with Crippen molar-refractivity contribution in [3.63, 3.8) is 0 Å². The summed E-state index contributed by atoms with van der Waals surface area (Å²) in [5, 5.41) is 9.29. The Hall–Kier alpha value is -1.92. The number of rotatable bonds is 5. The van der Waals surface area contributed by atoms with Gasteiger partial charge in [-0.3, -0.25) is 14.2 Å². The predicted octanol–water partition coefficient (Wildman–Crippen LogP) is 4.61. The summed E-state index contributed by atoms with van der Waals surface area (Å²) < 4.78 is 25.6. The number of thioether (sulfide) groups is 1. The maximum Gasteiger partial charge on any atom is 0.308 e. The van der Waals surface area contributed by atoms with Crippen LogP contribution in [0.2, 0.25) is 0 Å². The van der Waals surface area contributed by atoms with E-state index in [1.54, 1.807) is 16.3 Å². The van der Waals surface area contributed by atoms with E-state index >= 15 is 0 Å². The lowest BCUT2D eigenvalue weighted by Crippen LogP contribution is -2.34. The highest BCUT2D eigenvalue weighted by atomic mass is 79.9. The number of fused-ring (bicyclic) bond motifs is 6. The number of hydrogen-bond donors (Lipinski definition) is 2. The molecule has 5 atom stereocenters. The summed E-state index contributed by atoms with van der Waals surface area (Å²) in [6.45, 7) is -0.0920. The standard InChI is InChI=1S/C25H24BrN3O4S3/c26-16-3-1-2-13(11-16)21-20-14-4-5-15(10-14)22(20)34-24-23(21)35-25(31)29(24)12-19(30)28-17-6-8-18(9-7-17)36(27,32)33/h1-3,6-9,11,14-15,20-22H,4-5,10,12H2,(H,28,30)(H2,27,32,33)/t14?,15?,20?,21-,22?/m0/s1. The van der Waals surface area contributed by atoms with Crippen LogP contribution in [0.1, 0.15) is 35.6 Å². The third kappa shape index (κ3) is 4.28. The zero-order valence-corrected chi connectivity index (χ0v) is 23.1. The van der Waals surface area contributed by atoms with E-state index in [-0.39, 0.29) is 28.1 Å². The summed E-state index contributed by atoms with van der Waals surface area (Å²) in [5.74, 6) is 1.66. The van der Waals surface area contributed by atoms with E-state index in [1.165, 1.54) is 60.4 Å². The maximum absolute atomic E-state index is 13.2. The fourth-order valence-electron chi connectivity index (χ4n) is 6.23. The van der Waals surface area contributed by atoms with Gasteiger partial charge in [0.15, 0.2) is 0 Å². The molecule has 3 aromatic rings. The molecule has 1 aliphatic heterocycles. The topological polar surface area (TPSA) is 111 Å². The van der Waals surface area contributed by atoms with E-state index in [1.807, 2.05) is 6.07 Å². The second-order valence-corrected chi connectivity index (χ2v) is 14.4. The normalized spacial score (nSPS) is 26.4. The molecule has 2 bridgehead atoms. The van der Waals surface area contributed by atoms with Crippen molar-refractivity contribution in [2.24, 2.45) is 22.9 Å². The van der Waals surface area contributed by atoms with Crippen molar-refractivity contribution in [3.8, 4) is 0 Å². The number of benzene rings is 2. The third-order valence-electron chi connectivity index (χ3n) is 7.67. The molecular weight excluding hydrogens is 582 g/mol. The smallest absolute Gasteiger partial charge is 0.308 e. The van der Waals surface area contributed by atoms with Gasteiger partial charge < -0.3 is 5.32 Å². The Bertz CT molecular complexity index is 1520. The first kappa shape index (κ1) is 24.4. The van der Waals surface area contributed by atoms with Crippen molar-refractivity contribution >= 4 is 60.6 Å². The van der Waals surface area contributed by atoms with E-state index in [4.69, 9.17) is 5.14 Å². The van der Waals surface area contributed by atoms with Crippen LogP contribution in [0.15, 0.2) is 67.7 Å². The van der Waals surface area contributed by atoms with Crippen LogP contribution in [0.25, 0.3) is 0 Å². The molecule has 2 aliphatic carbocycles. The number of thiazole rings is 1. The van der Waals surface area contributed by atoms with E-state index in [9.17, 15) is 18.0 Å². The van der Waals surface area contributed by atoms with Crippen LogP contribution in [-0.2, 0) is 21.4 Å². The lowest BCUT2D eigenvalue weighted by Gasteiger charge is -2.40. The maximum atomic E-state index is 13.2. The molecule has 0 radical (unpaired) electrons. The largest absolute Gasteiger partial charge is 0.325 e. The Morgan fingerprint density at radius 2 is 1.89 bits per heavy atom. The minimum absolute atomic E-state index is 0.0287. The molecular formula is C25H24BrN3O4S3. The Labute approximate surface area is 225 Å². The summed E-state index contributed by atoms with van der Waals surface area (Å²) in [6, 6.07) is 14.1. The number of carbonyl (C=O) groups excluding carboxylic acids is 1. The summed E-state index contributed by atoms with van der Waals surface area (Å²) in [6.07, 6.45) is 3.75. The second-order valence-electron chi connectivity index (χ2n) is 9.77. The van der Waals surface area contributed by atoms with Crippen molar-refractivity contribution in [2.45, 2.75) is 46.9 Å². The van der Waals surface area contributed by atoms with Crippen molar-refractivity contribution in [1.29, 1.82) is 0 Å². The van der Waals surface area contributed by atoms with Crippen molar-refractivity contribution < 1.29 is 13.2 Å². The van der Waals surface area contributed by atoms with Gasteiger partial charge in [0.25, 0.3) is 0 Å². The van der Waals surface area contributed by atoms with Crippen LogP contribution in [0.4, 0.5) is 5.69 Å². The van der Waals surface area contributed by atoms with Crippen molar-refractivity contribution in [3.05, 3.63) is 73.1 Å². The van der Waals surface area contributed by atoms with Gasteiger partial charge in [0.1, 0.15) is 6.54 Å². The van der Waals surface area contributed by atoms with Crippen LogP contribution in [0.5, 0.6) is 0 Å². The number of sulfonamides is 1. The summed E-state index contributed by atoms with van der Waals surface area (Å²) in [5.41, 5.74) is 1.67. The molecule has 1 aromatic heterocycles. The van der Waals surface area contributed by atoms with Crippen molar-refractivity contribution in [1.82, 2.24) is 4.57 Å². The molecule has 2 aromatic carbocycles. The molecule has 0 saturated heterocycles. The molecule has 3 aliphatic rings. The monoisotopic (exact) mass is 605 g/mol. The number of anilines is 1. The SMILES string of the molecule is NS(=O)(=O)c1ccc(NC(=O)Cn2c3c(sc2=O)[C@@H](c2cccc(Br)c2)C2C4CCC(C4)C2S3)cc1. The number of hydrogen-bond acceptors (Lipinski definition) is 6. The number of nitrogens with one attached hydrogen (secondary N) is 1. The molecule has 2 fully saturated rings. The average Bonchev–Trinajstić information content (AvgIpc) is 3.52. The van der Waals surface area contributed by atoms with Crippen LogP contribution >= 0.6 is 39.0 Å². The second kappa shape index (κ2) is 9.13. The molecule has 3 N–H and O–H groups in total. The van der Waals surface area contributed by atoms with Gasteiger partial charge in [-0.25, -0.2) is 13.6 Å². The summed E-state index contributed by atoms with van der Waals surface area (Å²) in [7, 11) is -3.81. The van der Waals surface area contributed by atoms with Crippen LogP contribution < -0.4 is 15.3 Å². The molecule has 188 valence electrons. The summed E-state index contributed by atoms with van der Waals surface area (Å²) in [4.78, 5) is 27.0. The first-order valence-electron chi connectivity index (χ1n) is 11.8. The van der Waals surface area contributed by atoms with Crippen LogP contribution in [-0.4, -0.2) is 24.1 Å². The number of aromatic nitrogens is 1. The summed E-state index contributed by atoms with van der Waals surface area (Å²) >= 11 is 6.68. The lowest BCUT2D eigenvalue weighted by molar-refractivity contribution is -0.116. The number of primary sulfonamides is 1. The number of nitrogens with two attached hydrogens (primary N) is 1. The Morgan fingerprint density at radius 3 is 2.61 bits per heavy atom. The van der Waals surface area contributed by atoms with E-state index < -0.39 is 10.0 Å². The van der Waals surface area contributed by atoms with Gasteiger partial charge in [0.05, 0.1) is 9.92 Å². The van der Waals surface area contributed by atoms with E-state index in [2.05, 4.69) is 39.4 Å². The number of amides is 1. The van der Waals surface area contributed by atoms with Gasteiger partial charge in [-0.15, -0.1) is 11.8 Å². The molecule has 36 heavy (non-hydrogen) atoms. The van der Waals surface area contributed by atoms with Gasteiger partial charge in [0.2, 0.25) is 15.9 Å². The first-order valence-corrected chi connectivity index (χ1v) is 15.8. The van der Waals surface area contributed by atoms with Gasteiger partial charge in [-0.05, 0) is 79.0 Å². The van der Waals surface area contributed by atoms with Gasteiger partial charge in [-0.1, -0.05) is 39.4 Å². The number of carbonyl (C=O) groups is 1. The van der Waals surface area contributed by atoms with Gasteiger partial charge >= 0.3 is 4.87 Å². The number of halogens is 1. The zero-order valence-electron chi connectivity index (χ0n) is 19.1. The van der Waals surface area contributed by atoms with Gasteiger partial charge in [-0.2, -0.15) is 0 Å². The zero-order chi connectivity index (χ0) is 25.2. The highest BCUT2D eigenvalue weighted by molar-refractivity contribution is 9.10. The molecule has 2 heterocycles. The quantitative estimate of drug-likeness (QED) is 0.441. The Balaban J connectivity index is 1.32. The molecule has 0 spiro atoms.